The first-order valence-electron chi connectivity index (χ1n) is 9.56. The number of rotatable bonds is 13. The second-order valence-corrected chi connectivity index (χ2v) is 6.98. The zero-order valence-corrected chi connectivity index (χ0v) is 15.7. The van der Waals surface area contributed by atoms with Crippen LogP contribution in [0, 0.1) is 6.92 Å². The predicted octanol–water partition coefficient (Wildman–Crippen LogP) is 6.34. The highest BCUT2D eigenvalue weighted by Crippen LogP contribution is 2.17. The monoisotopic (exact) mass is 315 g/mol. The van der Waals surface area contributed by atoms with E-state index in [1.165, 1.54) is 73.6 Å². The Balaban J connectivity index is 2.20. The average molecular weight is 316 g/mol. The van der Waals surface area contributed by atoms with Crippen molar-refractivity contribution in [2.75, 3.05) is 7.05 Å². The van der Waals surface area contributed by atoms with Crippen molar-refractivity contribution in [2.24, 2.45) is 0 Å². The molecule has 0 heterocycles. The summed E-state index contributed by atoms with van der Waals surface area (Å²) in [5, 5.41) is 3.24. The van der Waals surface area contributed by atoms with Gasteiger partial charge >= 0.3 is 0 Å². The number of benzene rings is 1. The van der Waals surface area contributed by atoms with Gasteiger partial charge in [0.1, 0.15) is 0 Å². The van der Waals surface area contributed by atoms with E-state index in [9.17, 15) is 0 Å². The van der Waals surface area contributed by atoms with Crippen LogP contribution < -0.4 is 5.32 Å². The third-order valence-electron chi connectivity index (χ3n) is 4.48. The summed E-state index contributed by atoms with van der Waals surface area (Å²) in [5.74, 6) is 0. The summed E-state index contributed by atoms with van der Waals surface area (Å²) in [7, 11) is 2.01. The standard InChI is InChI=1S/C22H37N/c1-5-6-7-8-9-10-11-12-19(2)13-14-21-15-20(3)16-22(17-21)18-23-4/h15-17,23H,2,5-14,18H2,1,3-4H3. The van der Waals surface area contributed by atoms with Crippen molar-refractivity contribution in [1.82, 2.24) is 5.32 Å². The van der Waals surface area contributed by atoms with E-state index in [4.69, 9.17) is 0 Å². The molecule has 1 nitrogen and oxygen atoms in total. The lowest BCUT2D eigenvalue weighted by molar-refractivity contribution is 0.585. The number of hydrogen-bond donors (Lipinski definition) is 1. The minimum atomic E-state index is 0.952. The molecule has 0 aromatic heterocycles. The molecular weight excluding hydrogens is 278 g/mol. The van der Waals surface area contributed by atoms with E-state index >= 15 is 0 Å². The maximum Gasteiger partial charge on any atom is 0.0202 e. The van der Waals surface area contributed by atoms with Gasteiger partial charge in [-0.15, -0.1) is 0 Å². The van der Waals surface area contributed by atoms with Crippen molar-refractivity contribution in [3.63, 3.8) is 0 Å². The summed E-state index contributed by atoms with van der Waals surface area (Å²) in [6.45, 7) is 9.71. The van der Waals surface area contributed by atoms with E-state index in [1.807, 2.05) is 7.05 Å². The van der Waals surface area contributed by atoms with Gasteiger partial charge in [0.15, 0.2) is 0 Å². The summed E-state index contributed by atoms with van der Waals surface area (Å²) < 4.78 is 0. The smallest absolute Gasteiger partial charge is 0.0202 e. The lowest BCUT2D eigenvalue weighted by Gasteiger charge is -2.09. The van der Waals surface area contributed by atoms with Gasteiger partial charge < -0.3 is 5.32 Å². The van der Waals surface area contributed by atoms with Crippen molar-refractivity contribution in [3.8, 4) is 0 Å². The maximum absolute atomic E-state index is 4.29. The number of unbranched alkanes of at least 4 members (excludes halogenated alkanes) is 6. The Hall–Kier alpha value is -1.08. The zero-order valence-electron chi connectivity index (χ0n) is 15.7. The highest BCUT2D eigenvalue weighted by Gasteiger charge is 2.01. The molecule has 1 aromatic rings. The molecule has 0 aliphatic carbocycles. The molecular formula is C22H37N. The third kappa shape index (κ3) is 9.61. The van der Waals surface area contributed by atoms with E-state index < -0.39 is 0 Å². The third-order valence-corrected chi connectivity index (χ3v) is 4.48. The van der Waals surface area contributed by atoms with E-state index in [0.717, 1.165) is 19.4 Å². The Labute approximate surface area is 144 Å². The highest BCUT2D eigenvalue weighted by molar-refractivity contribution is 5.30. The molecule has 23 heavy (non-hydrogen) atoms. The van der Waals surface area contributed by atoms with Crippen LogP contribution in [0.2, 0.25) is 0 Å². The first-order valence-corrected chi connectivity index (χ1v) is 9.56. The molecule has 0 saturated heterocycles. The summed E-state index contributed by atoms with van der Waals surface area (Å²) >= 11 is 0. The van der Waals surface area contributed by atoms with Gasteiger partial charge in [-0.2, -0.15) is 0 Å². The van der Waals surface area contributed by atoms with E-state index in [2.05, 4.69) is 43.9 Å². The molecule has 0 saturated carbocycles. The fourth-order valence-electron chi connectivity index (χ4n) is 3.18. The second kappa shape index (κ2) is 12.4. The van der Waals surface area contributed by atoms with Gasteiger partial charge in [0, 0.05) is 6.54 Å². The van der Waals surface area contributed by atoms with E-state index in [0.29, 0.717) is 0 Å². The number of hydrogen-bond acceptors (Lipinski definition) is 1. The minimum absolute atomic E-state index is 0.952. The molecule has 0 fully saturated rings. The molecule has 0 unspecified atom stereocenters. The van der Waals surface area contributed by atoms with Crippen LogP contribution in [0.3, 0.4) is 0 Å². The van der Waals surface area contributed by atoms with Gasteiger partial charge in [-0.25, -0.2) is 0 Å². The van der Waals surface area contributed by atoms with Gasteiger partial charge in [0.2, 0.25) is 0 Å². The summed E-state index contributed by atoms with van der Waals surface area (Å²) in [4.78, 5) is 0. The van der Waals surface area contributed by atoms with Crippen molar-refractivity contribution in [2.45, 2.75) is 84.6 Å². The van der Waals surface area contributed by atoms with Crippen molar-refractivity contribution in [1.29, 1.82) is 0 Å². The number of aryl methyl sites for hydroxylation is 2. The fraction of sp³-hybridized carbons (Fsp3) is 0.636. The van der Waals surface area contributed by atoms with Crippen LogP contribution in [0.15, 0.2) is 30.4 Å². The summed E-state index contributed by atoms with van der Waals surface area (Å²) in [6, 6.07) is 6.93. The van der Waals surface area contributed by atoms with Gasteiger partial charge in [-0.1, -0.05) is 81.4 Å². The molecule has 0 amide bonds. The zero-order chi connectivity index (χ0) is 16.9. The Bertz CT molecular complexity index is 447. The average Bonchev–Trinajstić information content (AvgIpc) is 2.52. The Morgan fingerprint density at radius 1 is 0.913 bits per heavy atom. The quantitative estimate of drug-likeness (QED) is 0.330. The van der Waals surface area contributed by atoms with E-state index in [1.54, 1.807) is 0 Å². The molecule has 0 radical (unpaired) electrons. The SMILES string of the molecule is C=C(CCCCCCCCC)CCc1cc(C)cc(CNC)c1. The molecule has 1 aromatic carbocycles. The normalized spacial score (nSPS) is 10.9. The molecule has 130 valence electrons. The first-order chi connectivity index (χ1) is 11.2. The Morgan fingerprint density at radius 3 is 2.26 bits per heavy atom. The van der Waals surface area contributed by atoms with Gasteiger partial charge in [-0.05, 0) is 50.8 Å². The summed E-state index contributed by atoms with van der Waals surface area (Å²) in [5.41, 5.74) is 5.64. The highest BCUT2D eigenvalue weighted by atomic mass is 14.8. The van der Waals surface area contributed by atoms with E-state index in [-0.39, 0.29) is 0 Å². The minimum Gasteiger partial charge on any atom is -0.316 e. The first kappa shape index (κ1) is 20.0. The molecule has 1 N–H and O–H groups in total. The van der Waals surface area contributed by atoms with Crippen LogP contribution in [0.4, 0.5) is 0 Å². The fourth-order valence-corrected chi connectivity index (χ4v) is 3.18. The van der Waals surface area contributed by atoms with Crippen LogP contribution in [0.25, 0.3) is 0 Å². The summed E-state index contributed by atoms with van der Waals surface area (Å²) in [6.07, 6.45) is 13.2. The second-order valence-electron chi connectivity index (χ2n) is 6.98. The molecule has 1 rings (SSSR count). The maximum atomic E-state index is 4.29. The van der Waals surface area contributed by atoms with Gasteiger partial charge in [0.05, 0.1) is 0 Å². The van der Waals surface area contributed by atoms with Crippen molar-refractivity contribution in [3.05, 3.63) is 47.0 Å². The Kier molecular flexibility index (Phi) is 10.7. The predicted molar refractivity (Wildman–Crippen MR) is 104 cm³/mol. The topological polar surface area (TPSA) is 12.0 Å². The van der Waals surface area contributed by atoms with Crippen LogP contribution in [0.5, 0.6) is 0 Å². The molecule has 0 spiro atoms. The number of allylic oxidation sites excluding steroid dienone is 1. The van der Waals surface area contributed by atoms with Crippen LogP contribution in [-0.2, 0) is 13.0 Å². The molecule has 0 aliphatic heterocycles. The van der Waals surface area contributed by atoms with Crippen LogP contribution >= 0.6 is 0 Å². The van der Waals surface area contributed by atoms with Crippen molar-refractivity contribution >= 4 is 0 Å². The number of nitrogens with one attached hydrogen (secondary N) is 1. The largest absolute Gasteiger partial charge is 0.316 e. The molecule has 1 heteroatoms. The molecule has 0 atom stereocenters. The lowest BCUT2D eigenvalue weighted by Crippen LogP contribution is -2.05. The molecule has 0 aliphatic rings. The van der Waals surface area contributed by atoms with Crippen LogP contribution in [0.1, 0.15) is 81.4 Å². The van der Waals surface area contributed by atoms with Crippen molar-refractivity contribution < 1.29 is 0 Å². The Morgan fingerprint density at radius 2 is 1.57 bits per heavy atom. The van der Waals surface area contributed by atoms with Gasteiger partial charge in [0.25, 0.3) is 0 Å². The lowest BCUT2D eigenvalue weighted by atomic mass is 9.98. The van der Waals surface area contributed by atoms with Gasteiger partial charge in [-0.3, -0.25) is 0 Å². The molecule has 0 bridgehead atoms. The van der Waals surface area contributed by atoms with Crippen LogP contribution in [-0.4, -0.2) is 7.05 Å².